The molecule has 0 bridgehead atoms. The van der Waals surface area contributed by atoms with Gasteiger partial charge in [0.2, 0.25) is 10.0 Å². The lowest BCUT2D eigenvalue weighted by atomic mass is 10.1. The normalized spacial score (nSPS) is 11.7. The lowest BCUT2D eigenvalue weighted by molar-refractivity contribution is 0.580. The topological polar surface area (TPSA) is 72.0 Å². The number of hydrogen-bond donors (Lipinski definition) is 1. The molecule has 1 N–H and O–H groups in total. The largest absolute Gasteiger partial charge is 0.255 e. The van der Waals surface area contributed by atoms with E-state index in [0.29, 0.717) is 17.9 Å². The van der Waals surface area contributed by atoms with Crippen LogP contribution in [-0.4, -0.2) is 24.9 Å². The Kier molecular flexibility index (Phi) is 5.50. The molecule has 0 aliphatic rings. The standard InChI is InChI=1S/C19H21N3O2S2/c1-13-10-14(2)19(15(3)11-13)26(23,24)21-9-7-18-22-17(12-25-18)16-6-4-5-8-20-16/h4-6,8,10-12,21H,7,9H2,1-3H3. The van der Waals surface area contributed by atoms with Gasteiger partial charge in [0.15, 0.2) is 0 Å². The third kappa shape index (κ3) is 4.17. The number of hydrogen-bond acceptors (Lipinski definition) is 5. The molecule has 0 atom stereocenters. The third-order valence-corrected chi connectivity index (χ3v) is 6.66. The summed E-state index contributed by atoms with van der Waals surface area (Å²) < 4.78 is 28.0. The summed E-state index contributed by atoms with van der Waals surface area (Å²) in [5.41, 5.74) is 4.23. The van der Waals surface area contributed by atoms with Crippen molar-refractivity contribution in [1.29, 1.82) is 0 Å². The number of aryl methyl sites for hydroxylation is 3. The van der Waals surface area contributed by atoms with E-state index >= 15 is 0 Å². The van der Waals surface area contributed by atoms with E-state index in [1.165, 1.54) is 11.3 Å². The third-order valence-electron chi connectivity index (χ3n) is 3.98. The minimum Gasteiger partial charge on any atom is -0.255 e. The maximum Gasteiger partial charge on any atom is 0.241 e. The highest BCUT2D eigenvalue weighted by atomic mass is 32.2. The number of nitrogens with zero attached hydrogens (tertiary/aromatic N) is 2. The Bertz CT molecular complexity index is 989. The van der Waals surface area contributed by atoms with Gasteiger partial charge in [-0.1, -0.05) is 23.8 Å². The predicted molar refractivity (Wildman–Crippen MR) is 105 cm³/mol. The highest BCUT2D eigenvalue weighted by Crippen LogP contribution is 2.22. The molecule has 26 heavy (non-hydrogen) atoms. The molecule has 0 aliphatic heterocycles. The number of rotatable bonds is 6. The molecule has 0 spiro atoms. The van der Waals surface area contributed by atoms with Crippen molar-refractivity contribution in [2.75, 3.05) is 6.54 Å². The molecular formula is C19H21N3O2S2. The smallest absolute Gasteiger partial charge is 0.241 e. The van der Waals surface area contributed by atoms with E-state index in [-0.39, 0.29) is 0 Å². The van der Waals surface area contributed by atoms with E-state index in [4.69, 9.17) is 0 Å². The van der Waals surface area contributed by atoms with Crippen LogP contribution in [0.15, 0.2) is 46.8 Å². The summed E-state index contributed by atoms with van der Waals surface area (Å²) in [7, 11) is -3.54. The zero-order valence-corrected chi connectivity index (χ0v) is 16.6. The van der Waals surface area contributed by atoms with Gasteiger partial charge in [-0.2, -0.15) is 0 Å². The van der Waals surface area contributed by atoms with Gasteiger partial charge in [-0.05, 0) is 44.0 Å². The van der Waals surface area contributed by atoms with Crippen LogP contribution in [0, 0.1) is 20.8 Å². The molecule has 7 heteroatoms. The fraction of sp³-hybridized carbons (Fsp3) is 0.263. The summed E-state index contributed by atoms with van der Waals surface area (Å²) in [5, 5.41) is 2.83. The van der Waals surface area contributed by atoms with Gasteiger partial charge in [0.25, 0.3) is 0 Å². The van der Waals surface area contributed by atoms with Gasteiger partial charge >= 0.3 is 0 Å². The first-order valence-electron chi connectivity index (χ1n) is 8.30. The van der Waals surface area contributed by atoms with Gasteiger partial charge < -0.3 is 0 Å². The predicted octanol–water partition coefficient (Wildman–Crippen LogP) is 3.65. The van der Waals surface area contributed by atoms with Crippen molar-refractivity contribution in [2.45, 2.75) is 32.1 Å². The Balaban J connectivity index is 1.68. The SMILES string of the molecule is Cc1cc(C)c(S(=O)(=O)NCCc2nc(-c3ccccn3)cs2)c(C)c1. The Labute approximate surface area is 158 Å². The van der Waals surface area contributed by atoms with Crippen LogP contribution in [0.5, 0.6) is 0 Å². The van der Waals surface area contributed by atoms with Crippen LogP contribution in [0.2, 0.25) is 0 Å². The molecule has 3 rings (SSSR count). The molecule has 0 fully saturated rings. The molecule has 136 valence electrons. The van der Waals surface area contributed by atoms with E-state index in [1.54, 1.807) is 6.20 Å². The zero-order valence-electron chi connectivity index (χ0n) is 15.0. The van der Waals surface area contributed by atoms with Crippen molar-refractivity contribution in [2.24, 2.45) is 0 Å². The Morgan fingerprint density at radius 2 is 1.81 bits per heavy atom. The highest BCUT2D eigenvalue weighted by Gasteiger charge is 2.19. The van der Waals surface area contributed by atoms with Crippen LogP contribution in [0.4, 0.5) is 0 Å². The highest BCUT2D eigenvalue weighted by molar-refractivity contribution is 7.89. The van der Waals surface area contributed by atoms with Crippen LogP contribution < -0.4 is 4.72 Å². The molecule has 0 saturated heterocycles. The molecule has 3 aromatic rings. The average molecular weight is 388 g/mol. The lowest BCUT2D eigenvalue weighted by Gasteiger charge is -2.12. The van der Waals surface area contributed by atoms with E-state index in [9.17, 15) is 8.42 Å². The summed E-state index contributed by atoms with van der Waals surface area (Å²) >= 11 is 1.51. The number of pyridine rings is 1. The second-order valence-electron chi connectivity index (χ2n) is 6.22. The number of sulfonamides is 1. The van der Waals surface area contributed by atoms with Gasteiger partial charge in [0.05, 0.1) is 21.3 Å². The molecule has 0 radical (unpaired) electrons. The molecule has 0 amide bonds. The summed E-state index contributed by atoms with van der Waals surface area (Å²) in [5.74, 6) is 0. The van der Waals surface area contributed by atoms with Crippen LogP contribution >= 0.6 is 11.3 Å². The lowest BCUT2D eigenvalue weighted by Crippen LogP contribution is -2.27. The summed E-state index contributed by atoms with van der Waals surface area (Å²) in [6.07, 6.45) is 2.27. The molecule has 2 aromatic heterocycles. The number of benzene rings is 1. The van der Waals surface area contributed by atoms with Gasteiger partial charge in [-0.3, -0.25) is 4.98 Å². The minimum atomic E-state index is -3.54. The van der Waals surface area contributed by atoms with Crippen LogP contribution in [0.3, 0.4) is 0 Å². The van der Waals surface area contributed by atoms with Crippen molar-refractivity contribution in [1.82, 2.24) is 14.7 Å². The molecule has 0 aliphatic carbocycles. The summed E-state index contributed by atoms with van der Waals surface area (Å²) in [6, 6.07) is 9.47. The fourth-order valence-electron chi connectivity index (χ4n) is 3.01. The van der Waals surface area contributed by atoms with Gasteiger partial charge in [0.1, 0.15) is 0 Å². The minimum absolute atomic E-state index is 0.310. The number of aromatic nitrogens is 2. The van der Waals surface area contributed by atoms with Crippen LogP contribution in [0.1, 0.15) is 21.7 Å². The van der Waals surface area contributed by atoms with Crippen molar-refractivity contribution >= 4 is 21.4 Å². The molecule has 0 saturated carbocycles. The van der Waals surface area contributed by atoms with Crippen LogP contribution in [-0.2, 0) is 16.4 Å². The van der Waals surface area contributed by atoms with Crippen molar-refractivity contribution in [3.8, 4) is 11.4 Å². The molecule has 0 unspecified atom stereocenters. The Morgan fingerprint density at radius 1 is 1.08 bits per heavy atom. The summed E-state index contributed by atoms with van der Waals surface area (Å²) in [4.78, 5) is 9.19. The first-order valence-corrected chi connectivity index (χ1v) is 10.7. The Hall–Kier alpha value is -2.09. The maximum absolute atomic E-state index is 12.7. The van der Waals surface area contributed by atoms with Crippen LogP contribution in [0.25, 0.3) is 11.4 Å². The Morgan fingerprint density at radius 3 is 2.46 bits per heavy atom. The first-order chi connectivity index (χ1) is 12.4. The van der Waals surface area contributed by atoms with E-state index in [2.05, 4.69) is 14.7 Å². The van der Waals surface area contributed by atoms with Gasteiger partial charge in [0, 0.05) is 24.5 Å². The molecule has 2 heterocycles. The maximum atomic E-state index is 12.7. The number of thiazole rings is 1. The second kappa shape index (κ2) is 7.65. The van der Waals surface area contributed by atoms with Crippen molar-refractivity contribution in [3.05, 3.63) is 63.6 Å². The van der Waals surface area contributed by atoms with E-state index < -0.39 is 10.0 Å². The molecule has 1 aromatic carbocycles. The van der Waals surface area contributed by atoms with Gasteiger partial charge in [-0.25, -0.2) is 18.1 Å². The summed E-state index contributed by atoms with van der Waals surface area (Å²) in [6.45, 7) is 5.93. The van der Waals surface area contributed by atoms with Crippen molar-refractivity contribution < 1.29 is 8.42 Å². The zero-order chi connectivity index (χ0) is 18.7. The average Bonchev–Trinajstić information content (AvgIpc) is 3.03. The molecular weight excluding hydrogens is 366 g/mol. The first kappa shape index (κ1) is 18.7. The van der Waals surface area contributed by atoms with Gasteiger partial charge in [-0.15, -0.1) is 11.3 Å². The fourth-order valence-corrected chi connectivity index (χ4v) is 5.29. The van der Waals surface area contributed by atoms with Crippen molar-refractivity contribution in [3.63, 3.8) is 0 Å². The number of nitrogens with one attached hydrogen (secondary N) is 1. The molecule has 5 nitrogen and oxygen atoms in total. The second-order valence-corrected chi connectivity index (χ2v) is 8.86. The van der Waals surface area contributed by atoms with E-state index in [0.717, 1.165) is 33.1 Å². The monoisotopic (exact) mass is 387 g/mol. The van der Waals surface area contributed by atoms with E-state index in [1.807, 2.05) is 56.5 Å². The quantitative estimate of drug-likeness (QED) is 0.701.